The normalized spacial score (nSPS) is 14.1. The van der Waals surface area contributed by atoms with Gasteiger partial charge in [0, 0.05) is 82.8 Å². The highest BCUT2D eigenvalue weighted by Crippen LogP contribution is 2.22. The van der Waals surface area contributed by atoms with E-state index in [-0.39, 0.29) is 0 Å². The maximum absolute atomic E-state index is 2.44. The van der Waals surface area contributed by atoms with E-state index in [9.17, 15) is 0 Å². The SMILES string of the molecule is C/C=C(\C=C/[NH2+]CCN(C)CCSSCCN(C)CC[n+]1ccc(/C=C/C2=CC=C(N(C)C)CC2)cc1)/C=C/c1ccc(N(C)C)cc1. The largest absolute Gasteiger partial charge is 0.381 e. The summed E-state index contributed by atoms with van der Waals surface area (Å²) in [6.45, 7) is 8.54. The zero-order chi connectivity index (χ0) is 34.6. The minimum Gasteiger partial charge on any atom is -0.381 e. The third-order valence-corrected chi connectivity index (χ3v) is 10.8. The first kappa shape index (κ1) is 39.4. The van der Waals surface area contributed by atoms with E-state index in [0.29, 0.717) is 0 Å². The van der Waals surface area contributed by atoms with Crippen molar-refractivity contribution in [1.29, 1.82) is 0 Å². The number of anilines is 1. The Morgan fingerprint density at radius 1 is 0.729 bits per heavy atom. The fraction of sp³-hybridized carbons (Fsp3) is 0.425. The third kappa shape index (κ3) is 15.9. The van der Waals surface area contributed by atoms with Crippen LogP contribution in [0.3, 0.4) is 0 Å². The molecule has 0 amide bonds. The van der Waals surface area contributed by atoms with Crippen LogP contribution in [0.2, 0.25) is 0 Å². The molecule has 8 heteroatoms. The molecule has 1 aromatic carbocycles. The smallest absolute Gasteiger partial charge is 0.169 e. The van der Waals surface area contributed by atoms with Gasteiger partial charge in [0.25, 0.3) is 0 Å². The summed E-state index contributed by atoms with van der Waals surface area (Å²) < 4.78 is 2.29. The van der Waals surface area contributed by atoms with Crippen molar-refractivity contribution in [2.24, 2.45) is 0 Å². The zero-order valence-electron chi connectivity index (χ0n) is 30.5. The monoisotopic (exact) mass is 688 g/mol. The predicted molar refractivity (Wildman–Crippen MR) is 214 cm³/mol. The number of nitrogens with two attached hydrogens (primary N) is 1. The maximum atomic E-state index is 2.44. The molecule has 0 aliphatic heterocycles. The highest BCUT2D eigenvalue weighted by molar-refractivity contribution is 8.76. The highest BCUT2D eigenvalue weighted by atomic mass is 33.1. The van der Waals surface area contributed by atoms with Gasteiger partial charge in [-0.15, -0.1) is 0 Å². The molecule has 0 saturated carbocycles. The van der Waals surface area contributed by atoms with Gasteiger partial charge in [0.2, 0.25) is 0 Å². The number of nitrogens with zero attached hydrogens (tertiary/aromatic N) is 5. The second-order valence-corrected chi connectivity index (χ2v) is 15.4. The van der Waals surface area contributed by atoms with Crippen LogP contribution in [0.5, 0.6) is 0 Å². The van der Waals surface area contributed by atoms with Gasteiger partial charge in [-0.2, -0.15) is 0 Å². The number of likely N-dealkylation sites (N-methyl/N-ethyl adjacent to an activating group) is 2. The van der Waals surface area contributed by atoms with E-state index in [4.69, 9.17) is 0 Å². The topological polar surface area (TPSA) is 33.5 Å². The van der Waals surface area contributed by atoms with E-state index in [1.807, 2.05) is 21.6 Å². The average Bonchev–Trinajstić information content (AvgIpc) is 3.09. The Kier molecular flexibility index (Phi) is 18.6. The molecule has 1 aromatic heterocycles. The molecule has 260 valence electrons. The second kappa shape index (κ2) is 22.6. The first-order valence-electron chi connectivity index (χ1n) is 17.2. The molecule has 1 aliphatic rings. The number of hydrogen-bond donors (Lipinski definition) is 1. The molecule has 0 unspecified atom stereocenters. The number of allylic oxidation sites excluding steroid dienone is 9. The molecule has 0 atom stereocenters. The van der Waals surface area contributed by atoms with Crippen molar-refractivity contribution in [3.8, 4) is 0 Å². The molecule has 0 fully saturated rings. The van der Waals surface area contributed by atoms with Crippen molar-refractivity contribution in [2.45, 2.75) is 26.3 Å². The van der Waals surface area contributed by atoms with E-state index in [2.05, 4.69) is 182 Å². The molecule has 0 bridgehead atoms. The summed E-state index contributed by atoms with van der Waals surface area (Å²) in [5.41, 5.74) is 7.70. The summed E-state index contributed by atoms with van der Waals surface area (Å²) in [5.74, 6) is 2.31. The lowest BCUT2D eigenvalue weighted by molar-refractivity contribution is -0.696. The number of quaternary nitrogens is 1. The summed E-state index contributed by atoms with van der Waals surface area (Å²) in [6, 6.07) is 13.1. The van der Waals surface area contributed by atoms with Gasteiger partial charge >= 0.3 is 0 Å². The Balaban J connectivity index is 1.20. The number of hydrogen-bond acceptors (Lipinski definition) is 6. The van der Waals surface area contributed by atoms with Crippen LogP contribution in [0.15, 0.2) is 108 Å². The van der Waals surface area contributed by atoms with Gasteiger partial charge in [-0.3, -0.25) is 4.90 Å². The van der Waals surface area contributed by atoms with E-state index >= 15 is 0 Å². The molecular weight excluding hydrogens is 629 g/mol. The van der Waals surface area contributed by atoms with Gasteiger partial charge in [0.05, 0.1) is 19.3 Å². The van der Waals surface area contributed by atoms with Crippen LogP contribution in [0.25, 0.3) is 12.2 Å². The lowest BCUT2D eigenvalue weighted by Crippen LogP contribution is -2.79. The lowest BCUT2D eigenvalue weighted by Gasteiger charge is -2.20. The van der Waals surface area contributed by atoms with Crippen molar-refractivity contribution in [2.75, 3.05) is 91.4 Å². The summed E-state index contributed by atoms with van der Waals surface area (Å²) in [4.78, 5) is 9.20. The van der Waals surface area contributed by atoms with Crippen LogP contribution >= 0.6 is 21.6 Å². The Labute approximate surface area is 300 Å². The molecular formula is C40H60N6S2+2. The van der Waals surface area contributed by atoms with Crippen LogP contribution in [0, 0.1) is 0 Å². The van der Waals surface area contributed by atoms with Gasteiger partial charge < -0.3 is 20.0 Å². The van der Waals surface area contributed by atoms with E-state index in [1.54, 1.807) is 0 Å². The Bertz CT molecular complexity index is 1390. The first-order valence-corrected chi connectivity index (χ1v) is 19.7. The summed E-state index contributed by atoms with van der Waals surface area (Å²) in [6.07, 6.45) is 26.5. The van der Waals surface area contributed by atoms with Gasteiger partial charge in [-0.25, -0.2) is 4.57 Å². The van der Waals surface area contributed by atoms with Crippen LogP contribution < -0.4 is 14.8 Å². The van der Waals surface area contributed by atoms with Crippen LogP contribution in [0.4, 0.5) is 5.69 Å². The summed E-state index contributed by atoms with van der Waals surface area (Å²) in [7, 11) is 16.8. The van der Waals surface area contributed by atoms with Crippen LogP contribution in [-0.4, -0.2) is 101 Å². The van der Waals surface area contributed by atoms with Crippen molar-refractivity contribution in [3.63, 3.8) is 0 Å². The molecule has 3 rings (SSSR count). The molecule has 0 radical (unpaired) electrons. The predicted octanol–water partition coefficient (Wildman–Crippen LogP) is 6.20. The quantitative estimate of drug-likeness (QED) is 0.0729. The molecule has 0 spiro atoms. The number of aromatic nitrogens is 1. The Morgan fingerprint density at radius 3 is 2.00 bits per heavy atom. The summed E-state index contributed by atoms with van der Waals surface area (Å²) in [5, 5.41) is 2.27. The van der Waals surface area contributed by atoms with Crippen molar-refractivity contribution < 1.29 is 9.88 Å². The Hall–Kier alpha value is -3.01. The third-order valence-electron chi connectivity index (χ3n) is 8.39. The van der Waals surface area contributed by atoms with Gasteiger partial charge in [-0.05, 0) is 80.4 Å². The number of benzene rings is 1. The van der Waals surface area contributed by atoms with Gasteiger partial charge in [-0.1, -0.05) is 70.2 Å². The lowest BCUT2D eigenvalue weighted by atomic mass is 10.0. The van der Waals surface area contributed by atoms with Crippen molar-refractivity contribution in [3.05, 3.63) is 119 Å². The minimum absolute atomic E-state index is 1.01. The van der Waals surface area contributed by atoms with E-state index in [1.165, 1.54) is 33.7 Å². The second-order valence-electron chi connectivity index (χ2n) is 12.7. The number of rotatable bonds is 21. The molecule has 2 N–H and O–H groups in total. The average molecular weight is 689 g/mol. The summed E-state index contributed by atoms with van der Waals surface area (Å²) >= 11 is 0. The van der Waals surface area contributed by atoms with E-state index in [0.717, 1.165) is 63.6 Å². The van der Waals surface area contributed by atoms with Crippen molar-refractivity contribution >= 4 is 39.4 Å². The molecule has 1 aliphatic carbocycles. The van der Waals surface area contributed by atoms with Gasteiger partial charge in [0.1, 0.15) is 0 Å². The zero-order valence-corrected chi connectivity index (χ0v) is 32.1. The molecule has 48 heavy (non-hydrogen) atoms. The van der Waals surface area contributed by atoms with Gasteiger partial charge in [0.15, 0.2) is 18.9 Å². The highest BCUT2D eigenvalue weighted by Gasteiger charge is 2.07. The minimum atomic E-state index is 1.01. The molecule has 2 aromatic rings. The molecule has 6 nitrogen and oxygen atoms in total. The standard InChI is InChI=1S/C40H59N6S2/c1-8-35(9-10-36-13-17-39(18-14-36)42(2)3)21-24-41-25-28-44(6)31-33-47-48-34-32-45(7)29-30-46-26-22-38(23-27-46)12-11-37-15-19-40(20-16-37)43(4)5/h8-15,17-19,21-24,26-27,41H,16,20,25,28-34H2,1-7H3/q+1/p+1/b10-9+,24-21-,35-8-. The first-order chi connectivity index (χ1) is 23.2. The fourth-order valence-electron chi connectivity index (χ4n) is 4.99. The van der Waals surface area contributed by atoms with E-state index < -0.39 is 0 Å². The molecule has 1 heterocycles. The Morgan fingerprint density at radius 2 is 1.40 bits per heavy atom. The van der Waals surface area contributed by atoms with Crippen LogP contribution in [-0.2, 0) is 6.54 Å². The van der Waals surface area contributed by atoms with Crippen LogP contribution in [0.1, 0.15) is 30.9 Å². The molecule has 0 saturated heterocycles. The van der Waals surface area contributed by atoms with Crippen molar-refractivity contribution in [1.82, 2.24) is 14.7 Å². The fourth-order valence-corrected chi connectivity index (χ4v) is 7.16. The number of pyridine rings is 1. The maximum Gasteiger partial charge on any atom is 0.169 e.